The van der Waals surface area contributed by atoms with Crippen molar-refractivity contribution in [2.24, 2.45) is 0 Å². The van der Waals surface area contributed by atoms with Gasteiger partial charge in [0.15, 0.2) is 46.1 Å². The summed E-state index contributed by atoms with van der Waals surface area (Å²) in [5.41, 5.74) is 2.82. The molecule has 1 N–H and O–H groups in total. The number of aliphatic hydroxyl groups excluding tert-OH is 1. The average Bonchev–Trinajstić information content (AvgIpc) is 4.12. The Morgan fingerprint density at radius 3 is 1.33 bits per heavy atom. The molecule has 19 heteroatoms. The lowest BCUT2D eigenvalue weighted by Gasteiger charge is -2.11. The van der Waals surface area contributed by atoms with Crippen LogP contribution in [0.1, 0.15) is 101 Å². The van der Waals surface area contributed by atoms with Gasteiger partial charge in [-0.05, 0) is 79.2 Å². The Balaban J connectivity index is 0.000000221. The van der Waals surface area contributed by atoms with Gasteiger partial charge in [0.05, 0.1) is 73.6 Å². The van der Waals surface area contributed by atoms with E-state index in [1.165, 1.54) is 93.6 Å². The van der Waals surface area contributed by atoms with Gasteiger partial charge in [0.1, 0.15) is 29.6 Å². The Bertz CT molecular complexity index is 3250. The van der Waals surface area contributed by atoms with Gasteiger partial charge >= 0.3 is 11.9 Å². The van der Waals surface area contributed by atoms with Crippen LogP contribution in [-0.2, 0) is 9.47 Å². The fourth-order valence-corrected chi connectivity index (χ4v) is 9.76. The van der Waals surface area contributed by atoms with Gasteiger partial charge in [-0.25, -0.2) is 28.3 Å². The van der Waals surface area contributed by atoms with Crippen molar-refractivity contribution in [3.05, 3.63) is 153 Å². The molecule has 0 bridgehead atoms. The summed E-state index contributed by atoms with van der Waals surface area (Å²) in [4.78, 5) is 85.4. The van der Waals surface area contributed by atoms with Gasteiger partial charge < -0.3 is 33.5 Å². The Morgan fingerprint density at radius 1 is 0.513 bits per heavy atom. The Labute approximate surface area is 443 Å². The van der Waals surface area contributed by atoms with E-state index in [9.17, 15) is 37.5 Å². The van der Waals surface area contributed by atoms with Crippen molar-refractivity contribution >= 4 is 77.9 Å². The zero-order chi connectivity index (χ0) is 54.5. The van der Waals surface area contributed by atoms with Crippen LogP contribution in [0.5, 0.6) is 23.0 Å². The molecule has 0 unspecified atom stereocenters. The standard InChI is InChI=1S/C29H26FNO6S.C28H24FNO7S/c1-4-12-37-26-11-8-17(15-27(26)35-2)24(32)9-10-25(33)23-14-18(29(34)36-3)13-22(31-23)20-16-38-28-19(20)6-5-7-21(28)30;1-35-26-14-16(6-9-25(26)37-11-10-31)23(32)7-8-24(33)22-13-17(28(34)36-2)12-21(30-22)19-15-38-27-18(19)4-3-5-20(27)29/h5-8,11,13-16H,4,9-10,12H2,1-3H3;3-6,9,12-15,31H,7-8,10-11H2,1-2H3. The highest BCUT2D eigenvalue weighted by Crippen LogP contribution is 2.37. The number of aromatic nitrogens is 2. The van der Waals surface area contributed by atoms with Gasteiger partial charge in [0, 0.05) is 69.5 Å². The van der Waals surface area contributed by atoms with Crippen LogP contribution in [0.25, 0.3) is 42.7 Å². The molecule has 0 atom stereocenters. The number of pyridine rings is 2. The molecule has 0 fully saturated rings. The molecule has 15 nitrogen and oxygen atoms in total. The first-order chi connectivity index (χ1) is 36.7. The highest BCUT2D eigenvalue weighted by Gasteiger charge is 2.23. The van der Waals surface area contributed by atoms with E-state index in [4.69, 9.17) is 33.5 Å². The Hall–Kier alpha value is -8.26. The maximum atomic E-state index is 14.2. The topological polar surface area (TPSA) is 204 Å². The third kappa shape index (κ3) is 13.0. The molecule has 76 heavy (non-hydrogen) atoms. The predicted molar refractivity (Wildman–Crippen MR) is 283 cm³/mol. The average molecular weight is 1070 g/mol. The Kier molecular flexibility index (Phi) is 18.8. The van der Waals surface area contributed by atoms with Crippen LogP contribution in [0.15, 0.2) is 108 Å². The fourth-order valence-electron chi connectivity index (χ4n) is 7.82. The van der Waals surface area contributed by atoms with Crippen LogP contribution in [-0.4, -0.2) is 98.4 Å². The zero-order valence-electron chi connectivity index (χ0n) is 41.9. The minimum absolute atomic E-state index is 0.00298. The SMILES string of the molecule is CCCOc1ccc(C(=O)CCC(=O)c2cc(C(=O)OC)cc(-c3csc4c(F)cccc34)n2)cc1OC.COC(=O)c1cc(C(=O)CCC(=O)c2ccc(OCCO)c(OC)c2)nc(-c2csc3c(F)cccc23)c1. The highest BCUT2D eigenvalue weighted by atomic mass is 32.1. The molecule has 392 valence electrons. The number of carbonyl (C=O) groups is 6. The van der Waals surface area contributed by atoms with E-state index in [2.05, 4.69) is 9.97 Å². The second-order valence-corrected chi connectivity index (χ2v) is 18.4. The van der Waals surface area contributed by atoms with Crippen LogP contribution < -0.4 is 18.9 Å². The number of ether oxygens (including phenoxy) is 6. The summed E-state index contributed by atoms with van der Waals surface area (Å²) >= 11 is 2.41. The maximum Gasteiger partial charge on any atom is 0.338 e. The number of carbonyl (C=O) groups excluding carboxylic acids is 6. The summed E-state index contributed by atoms with van der Waals surface area (Å²) in [6.45, 7) is 2.42. The monoisotopic (exact) mass is 1070 g/mol. The van der Waals surface area contributed by atoms with E-state index >= 15 is 0 Å². The first-order valence-corrected chi connectivity index (χ1v) is 25.4. The normalized spacial score (nSPS) is 10.8. The van der Waals surface area contributed by atoms with Gasteiger partial charge in [-0.1, -0.05) is 31.2 Å². The molecule has 0 saturated heterocycles. The van der Waals surface area contributed by atoms with Crippen molar-refractivity contribution in [2.75, 3.05) is 48.3 Å². The number of thiophene rings is 2. The number of halogens is 2. The van der Waals surface area contributed by atoms with E-state index in [1.807, 2.05) is 6.92 Å². The van der Waals surface area contributed by atoms with E-state index < -0.39 is 23.5 Å². The number of Topliss-reactive ketones (excluding diaryl/α,β-unsaturated/α-hetero) is 4. The molecule has 4 aromatic heterocycles. The zero-order valence-corrected chi connectivity index (χ0v) is 43.5. The minimum Gasteiger partial charge on any atom is -0.493 e. The number of esters is 2. The smallest absolute Gasteiger partial charge is 0.338 e. The van der Waals surface area contributed by atoms with Crippen molar-refractivity contribution in [3.63, 3.8) is 0 Å². The molecule has 0 aliphatic carbocycles. The van der Waals surface area contributed by atoms with Gasteiger partial charge in [-0.2, -0.15) is 0 Å². The van der Waals surface area contributed by atoms with Crippen molar-refractivity contribution in [1.82, 2.24) is 9.97 Å². The minimum atomic E-state index is -0.653. The second kappa shape index (κ2) is 25.8. The van der Waals surface area contributed by atoms with Gasteiger partial charge in [0.25, 0.3) is 0 Å². The number of benzene rings is 4. The predicted octanol–water partition coefficient (Wildman–Crippen LogP) is 11.6. The first-order valence-electron chi connectivity index (χ1n) is 23.6. The number of methoxy groups -OCH3 is 4. The lowest BCUT2D eigenvalue weighted by Crippen LogP contribution is -2.10. The van der Waals surface area contributed by atoms with Crippen molar-refractivity contribution in [3.8, 4) is 45.5 Å². The first kappa shape index (κ1) is 55.5. The number of hydrogen-bond donors (Lipinski definition) is 1. The van der Waals surface area contributed by atoms with Crippen LogP contribution in [0.2, 0.25) is 0 Å². The van der Waals surface area contributed by atoms with Gasteiger partial charge in [-0.3, -0.25) is 19.2 Å². The lowest BCUT2D eigenvalue weighted by atomic mass is 10.0. The molecular weight excluding hydrogens is 1020 g/mol. The molecular formula is C57H50F2N2O13S2. The molecule has 4 aromatic carbocycles. The molecule has 0 amide bonds. The van der Waals surface area contributed by atoms with Crippen LogP contribution >= 0.6 is 22.7 Å². The quantitative estimate of drug-likeness (QED) is 0.0495. The maximum absolute atomic E-state index is 14.2. The molecule has 4 heterocycles. The summed E-state index contributed by atoms with van der Waals surface area (Å²) in [5.74, 6) is -1.73. The van der Waals surface area contributed by atoms with Gasteiger partial charge in [0.2, 0.25) is 0 Å². The number of aliphatic hydroxyl groups is 1. The van der Waals surface area contributed by atoms with E-state index in [1.54, 1.807) is 65.4 Å². The second-order valence-electron chi connectivity index (χ2n) is 16.6. The van der Waals surface area contributed by atoms with Crippen LogP contribution in [0.4, 0.5) is 8.78 Å². The summed E-state index contributed by atoms with van der Waals surface area (Å²) < 4.78 is 60.7. The molecule has 8 aromatic rings. The third-order valence-corrected chi connectivity index (χ3v) is 13.7. The largest absolute Gasteiger partial charge is 0.493 e. The number of hydrogen-bond acceptors (Lipinski definition) is 17. The van der Waals surface area contributed by atoms with E-state index in [-0.39, 0.29) is 84.6 Å². The molecule has 0 aliphatic rings. The fraction of sp³-hybridized carbons (Fsp3) is 0.228. The summed E-state index contributed by atoms with van der Waals surface area (Å²) in [6, 6.07) is 24.6. The third-order valence-electron chi connectivity index (χ3n) is 11.7. The molecule has 0 aliphatic heterocycles. The van der Waals surface area contributed by atoms with Crippen LogP contribution in [0.3, 0.4) is 0 Å². The van der Waals surface area contributed by atoms with E-state index in [0.717, 1.165) is 6.42 Å². The molecule has 0 saturated carbocycles. The van der Waals surface area contributed by atoms with E-state index in [0.29, 0.717) is 83.4 Å². The lowest BCUT2D eigenvalue weighted by molar-refractivity contribution is 0.0591. The Morgan fingerprint density at radius 2 is 0.934 bits per heavy atom. The molecule has 8 rings (SSSR count). The molecule has 0 radical (unpaired) electrons. The van der Waals surface area contributed by atoms with Crippen molar-refractivity contribution in [2.45, 2.75) is 39.0 Å². The van der Waals surface area contributed by atoms with Crippen LogP contribution in [0, 0.1) is 11.6 Å². The summed E-state index contributed by atoms with van der Waals surface area (Å²) in [6.07, 6.45) is 0.387. The number of fused-ring (bicyclic) bond motifs is 2. The number of nitrogens with zero attached hydrogens (tertiary/aromatic N) is 2. The highest BCUT2D eigenvalue weighted by molar-refractivity contribution is 7.18. The number of rotatable bonds is 22. The van der Waals surface area contributed by atoms with Crippen molar-refractivity contribution < 1.29 is 71.1 Å². The van der Waals surface area contributed by atoms with Gasteiger partial charge in [-0.15, -0.1) is 22.7 Å². The number of ketones is 4. The van der Waals surface area contributed by atoms with Crippen molar-refractivity contribution in [1.29, 1.82) is 0 Å². The summed E-state index contributed by atoms with van der Waals surface area (Å²) in [5, 5.41) is 13.6. The molecule has 0 spiro atoms. The summed E-state index contributed by atoms with van der Waals surface area (Å²) in [7, 11) is 5.40.